The van der Waals surface area contributed by atoms with E-state index >= 15 is 0 Å². The molecule has 0 saturated carbocycles. The lowest BCUT2D eigenvalue weighted by atomic mass is 10.0. The second-order valence-electron chi connectivity index (χ2n) is 7.35. The van der Waals surface area contributed by atoms with E-state index in [1.807, 2.05) is 0 Å². The van der Waals surface area contributed by atoms with Crippen LogP contribution in [0.3, 0.4) is 0 Å². The smallest absolute Gasteiger partial charge is 0.352 e. The van der Waals surface area contributed by atoms with E-state index in [1.54, 1.807) is 34.5 Å². The fraction of sp³-hybridized carbons (Fsp3) is 0.300. The van der Waals surface area contributed by atoms with Crippen molar-refractivity contribution in [2.45, 2.75) is 24.6 Å². The van der Waals surface area contributed by atoms with Crippen molar-refractivity contribution in [3.63, 3.8) is 0 Å². The second kappa shape index (κ2) is 9.79. The maximum Gasteiger partial charge on any atom is 0.352 e. The number of hydrogen-bond donors (Lipinski definition) is 4. The number of nitrogens with two attached hydrogens (primary N) is 1. The van der Waals surface area contributed by atoms with Gasteiger partial charge in [0.15, 0.2) is 29.8 Å². The van der Waals surface area contributed by atoms with E-state index in [9.17, 15) is 24.6 Å². The number of aliphatic hydroxyl groups is 1. The monoisotopic (exact) mass is 505 g/mol. The molecular formula is C20H21N6O6S2+. The molecule has 0 aliphatic carbocycles. The van der Waals surface area contributed by atoms with E-state index in [0.717, 1.165) is 16.9 Å². The van der Waals surface area contributed by atoms with Gasteiger partial charge in [0.25, 0.3) is 11.8 Å². The SMILES string of the molecule is CO/N=C(\C(=O)N[C@@H]1C(=O)N2C(C(=O)O)=C(C[n+]3ccc(CO)cc3)CS[C@H]12)c1csc(N)n1. The van der Waals surface area contributed by atoms with Gasteiger partial charge >= 0.3 is 5.97 Å². The highest BCUT2D eigenvalue weighted by Crippen LogP contribution is 2.40. The summed E-state index contributed by atoms with van der Waals surface area (Å²) in [4.78, 5) is 47.7. The molecule has 0 bridgehead atoms. The molecule has 0 aromatic carbocycles. The lowest BCUT2D eigenvalue weighted by Crippen LogP contribution is -2.71. The highest BCUT2D eigenvalue weighted by molar-refractivity contribution is 8.00. The predicted molar refractivity (Wildman–Crippen MR) is 122 cm³/mol. The number of oxime groups is 1. The molecule has 4 heterocycles. The Morgan fingerprint density at radius 1 is 1.41 bits per heavy atom. The van der Waals surface area contributed by atoms with Crippen LogP contribution in [0.2, 0.25) is 0 Å². The number of aliphatic hydroxyl groups excluding tert-OH is 1. The molecule has 2 aliphatic heterocycles. The Hall–Kier alpha value is -3.49. The van der Waals surface area contributed by atoms with Crippen LogP contribution in [0.15, 0.2) is 46.3 Å². The quantitative estimate of drug-likeness (QED) is 0.157. The zero-order chi connectivity index (χ0) is 24.4. The molecule has 12 nitrogen and oxygen atoms in total. The van der Waals surface area contributed by atoms with Crippen LogP contribution in [0, 0.1) is 0 Å². The van der Waals surface area contributed by atoms with E-state index in [-0.39, 0.29) is 35.4 Å². The molecule has 1 saturated heterocycles. The summed E-state index contributed by atoms with van der Waals surface area (Å²) in [5, 5.41) is 26.6. The van der Waals surface area contributed by atoms with Crippen LogP contribution in [0.5, 0.6) is 0 Å². The zero-order valence-corrected chi connectivity index (χ0v) is 19.5. The maximum atomic E-state index is 12.9. The number of thiazole rings is 1. The lowest BCUT2D eigenvalue weighted by Gasteiger charge is -2.49. The summed E-state index contributed by atoms with van der Waals surface area (Å²) in [7, 11) is 1.27. The molecule has 0 spiro atoms. The van der Waals surface area contributed by atoms with Crippen molar-refractivity contribution in [3.05, 3.63) is 52.4 Å². The summed E-state index contributed by atoms with van der Waals surface area (Å²) in [6, 6.07) is 2.53. The first-order valence-corrected chi connectivity index (χ1v) is 11.9. The minimum absolute atomic E-state index is 0.0870. The summed E-state index contributed by atoms with van der Waals surface area (Å²) in [5.74, 6) is -2.07. The van der Waals surface area contributed by atoms with Crippen LogP contribution in [0.4, 0.5) is 5.13 Å². The summed E-state index contributed by atoms with van der Waals surface area (Å²) in [6.07, 6.45) is 3.47. The number of hydrogen-bond acceptors (Lipinski definition) is 10. The number of thioether (sulfide) groups is 1. The minimum atomic E-state index is -1.22. The van der Waals surface area contributed by atoms with Crippen molar-refractivity contribution in [1.29, 1.82) is 0 Å². The molecule has 14 heteroatoms. The van der Waals surface area contributed by atoms with Crippen LogP contribution >= 0.6 is 23.1 Å². The van der Waals surface area contributed by atoms with E-state index in [0.29, 0.717) is 11.3 Å². The Morgan fingerprint density at radius 2 is 2.15 bits per heavy atom. The summed E-state index contributed by atoms with van der Waals surface area (Å²) in [6.45, 7) is 0.174. The van der Waals surface area contributed by atoms with Gasteiger partial charge in [0, 0.05) is 28.8 Å². The Morgan fingerprint density at radius 3 is 2.74 bits per heavy atom. The molecule has 178 valence electrons. The first-order valence-electron chi connectivity index (χ1n) is 9.96. The Bertz CT molecular complexity index is 1190. The summed E-state index contributed by atoms with van der Waals surface area (Å²) in [5.41, 5.74) is 6.91. The number of β-lactam (4-membered cyclic amide) rings is 1. The number of pyridine rings is 1. The summed E-state index contributed by atoms with van der Waals surface area (Å²) < 4.78 is 1.77. The molecule has 1 fully saturated rings. The number of nitrogens with one attached hydrogen (secondary N) is 1. The Kier molecular flexibility index (Phi) is 6.81. The van der Waals surface area contributed by atoms with Gasteiger partial charge in [-0.25, -0.2) is 14.3 Å². The fourth-order valence-electron chi connectivity index (χ4n) is 3.63. The third-order valence-corrected chi connectivity index (χ3v) is 7.23. The molecule has 0 radical (unpaired) electrons. The molecule has 2 aromatic heterocycles. The van der Waals surface area contributed by atoms with Crippen LogP contribution in [-0.4, -0.2) is 67.9 Å². The molecule has 2 aromatic rings. The summed E-state index contributed by atoms with van der Waals surface area (Å²) >= 11 is 2.48. The number of aliphatic carboxylic acids is 1. The first-order chi connectivity index (χ1) is 16.3. The lowest BCUT2D eigenvalue weighted by molar-refractivity contribution is -0.689. The molecule has 2 atom stereocenters. The number of carbonyl (C=O) groups is 3. The number of carbonyl (C=O) groups excluding carboxylic acids is 2. The Balaban J connectivity index is 1.52. The molecule has 2 amide bonds. The molecule has 2 aliphatic rings. The van der Waals surface area contributed by atoms with Gasteiger partial charge in [-0.05, 0) is 5.56 Å². The van der Waals surface area contributed by atoms with Crippen molar-refractivity contribution in [2.24, 2.45) is 5.16 Å². The van der Waals surface area contributed by atoms with E-state index < -0.39 is 29.2 Å². The predicted octanol–water partition coefficient (Wildman–Crippen LogP) is -0.706. The van der Waals surface area contributed by atoms with Crippen molar-refractivity contribution in [2.75, 3.05) is 18.6 Å². The number of carboxylic acids is 1. The molecule has 4 rings (SSSR count). The van der Waals surface area contributed by atoms with Gasteiger partial charge in [0.1, 0.15) is 29.9 Å². The standard InChI is InChI=1S/C20H20N6O6S2/c1-32-24-13(12-9-34-20(21)22-12)16(28)23-14-17(29)26-15(19(30)31)11(8-33-18(14)26)6-25-4-2-10(7-27)3-5-25/h2-5,9,14,18,27H,6-8H2,1H3,(H3-,21,22,23,28,30,31)/p+1/b24-13-/t14-,18-/m1/s1. The zero-order valence-electron chi connectivity index (χ0n) is 17.9. The van der Waals surface area contributed by atoms with Crippen LogP contribution < -0.4 is 15.6 Å². The van der Waals surface area contributed by atoms with Gasteiger partial charge in [0.2, 0.25) is 0 Å². The van der Waals surface area contributed by atoms with Gasteiger partial charge in [-0.2, -0.15) is 0 Å². The van der Waals surface area contributed by atoms with Crippen molar-refractivity contribution in [1.82, 2.24) is 15.2 Å². The number of nitrogens with zero attached hydrogens (tertiary/aromatic N) is 4. The number of fused-ring (bicyclic) bond motifs is 1. The normalized spacial score (nSPS) is 20.0. The number of rotatable bonds is 8. The topological polar surface area (TPSA) is 171 Å². The molecule has 34 heavy (non-hydrogen) atoms. The maximum absolute atomic E-state index is 12.9. The number of carboxylic acid groups (broad SMARTS) is 1. The highest BCUT2D eigenvalue weighted by Gasteiger charge is 2.54. The number of anilines is 1. The highest BCUT2D eigenvalue weighted by atomic mass is 32.2. The second-order valence-corrected chi connectivity index (χ2v) is 9.34. The van der Waals surface area contributed by atoms with Crippen molar-refractivity contribution >= 4 is 51.7 Å². The third-order valence-electron chi connectivity index (χ3n) is 5.21. The van der Waals surface area contributed by atoms with Gasteiger partial charge in [-0.15, -0.1) is 23.1 Å². The van der Waals surface area contributed by atoms with E-state index in [2.05, 4.69) is 15.5 Å². The number of nitrogen functional groups attached to an aromatic ring is 1. The van der Waals surface area contributed by atoms with Gasteiger partial charge < -0.3 is 26.1 Å². The van der Waals surface area contributed by atoms with E-state index in [1.165, 1.54) is 23.8 Å². The molecule has 5 N–H and O–H groups in total. The minimum Gasteiger partial charge on any atom is -0.477 e. The van der Waals surface area contributed by atoms with Gasteiger partial charge in [-0.3, -0.25) is 14.5 Å². The van der Waals surface area contributed by atoms with Crippen LogP contribution in [0.25, 0.3) is 0 Å². The molecule has 0 unspecified atom stereocenters. The van der Waals surface area contributed by atoms with Gasteiger partial charge in [0.05, 0.1) is 6.61 Å². The van der Waals surface area contributed by atoms with Gasteiger partial charge in [-0.1, -0.05) is 5.16 Å². The largest absolute Gasteiger partial charge is 0.477 e. The fourth-order valence-corrected chi connectivity index (χ4v) is 5.51. The Labute approximate surface area is 201 Å². The average molecular weight is 506 g/mol. The van der Waals surface area contributed by atoms with Crippen molar-refractivity contribution < 1.29 is 34.0 Å². The van der Waals surface area contributed by atoms with Crippen LogP contribution in [0.1, 0.15) is 11.3 Å². The first kappa shape index (κ1) is 23.7. The van der Waals surface area contributed by atoms with Crippen molar-refractivity contribution in [3.8, 4) is 0 Å². The number of aromatic nitrogens is 2. The number of amides is 2. The van der Waals surface area contributed by atoms with E-state index in [4.69, 9.17) is 10.6 Å². The average Bonchev–Trinajstić information content (AvgIpc) is 3.26. The van der Waals surface area contributed by atoms with Crippen LogP contribution in [-0.2, 0) is 32.4 Å². The third kappa shape index (κ3) is 4.47. The molecular weight excluding hydrogens is 484 g/mol.